The molecule has 2 aliphatic rings. The quantitative estimate of drug-likeness (QED) is 0.517. The lowest BCUT2D eigenvalue weighted by molar-refractivity contribution is 0.552. The largest absolute Gasteiger partial charge is 0.119 e. The summed E-state index contributed by atoms with van der Waals surface area (Å²) in [5.41, 5.74) is 2.23. The second-order valence-corrected chi connectivity index (χ2v) is 10.4. The van der Waals surface area contributed by atoms with Gasteiger partial charge in [-0.1, -0.05) is 51.4 Å². The number of rotatable bonds is 3. The Morgan fingerprint density at radius 3 is 1.40 bits per heavy atom. The van der Waals surface area contributed by atoms with E-state index in [1.807, 2.05) is 0 Å². The summed E-state index contributed by atoms with van der Waals surface area (Å²) in [6, 6.07) is 0. The van der Waals surface area contributed by atoms with Gasteiger partial charge in [0, 0.05) is 0 Å². The SMILES string of the molecule is C1CCCPC(CCC2CCCCCCCP2)CCC1. The zero-order chi connectivity index (χ0) is 13.9. The van der Waals surface area contributed by atoms with Crippen LogP contribution in [0.3, 0.4) is 0 Å². The molecule has 0 bridgehead atoms. The molecule has 0 aliphatic carbocycles. The van der Waals surface area contributed by atoms with Gasteiger partial charge >= 0.3 is 0 Å². The molecule has 0 radical (unpaired) electrons. The molecule has 4 unspecified atom stereocenters. The first-order valence-corrected chi connectivity index (χ1v) is 12.0. The molecule has 2 heteroatoms. The standard InChI is InChI=1S/C18H36P2/c1-3-7-11-17(19-15-9-5-1)13-14-18-12-8-4-2-6-10-16-20-18/h17-20H,1-16H2. The van der Waals surface area contributed by atoms with Crippen molar-refractivity contribution in [2.45, 2.75) is 101 Å². The first kappa shape index (κ1) is 17.2. The van der Waals surface area contributed by atoms with Crippen molar-refractivity contribution in [3.05, 3.63) is 0 Å². The van der Waals surface area contributed by atoms with Crippen LogP contribution in [0.4, 0.5) is 0 Å². The van der Waals surface area contributed by atoms with Gasteiger partial charge in [-0.25, -0.2) is 0 Å². The van der Waals surface area contributed by atoms with Crippen molar-refractivity contribution in [1.82, 2.24) is 0 Å². The Labute approximate surface area is 131 Å². The van der Waals surface area contributed by atoms with E-state index in [-0.39, 0.29) is 0 Å². The van der Waals surface area contributed by atoms with Crippen LogP contribution in [0.15, 0.2) is 0 Å². The van der Waals surface area contributed by atoms with Gasteiger partial charge < -0.3 is 0 Å². The van der Waals surface area contributed by atoms with E-state index in [2.05, 4.69) is 0 Å². The molecule has 0 spiro atoms. The summed E-state index contributed by atoms with van der Waals surface area (Å²) in [5, 5.41) is 0. The highest BCUT2D eigenvalue weighted by molar-refractivity contribution is 7.39. The van der Waals surface area contributed by atoms with Gasteiger partial charge in [-0.3, -0.25) is 0 Å². The molecular formula is C18H36P2. The summed E-state index contributed by atoms with van der Waals surface area (Å²) < 4.78 is 0. The maximum absolute atomic E-state index is 1.58. The molecular weight excluding hydrogens is 278 g/mol. The van der Waals surface area contributed by atoms with Gasteiger partial charge in [0.1, 0.15) is 0 Å². The first-order valence-electron chi connectivity index (χ1n) is 9.42. The van der Waals surface area contributed by atoms with Crippen molar-refractivity contribution in [3.8, 4) is 0 Å². The molecule has 0 aromatic rings. The van der Waals surface area contributed by atoms with Crippen LogP contribution in [0, 0.1) is 0 Å². The molecule has 2 fully saturated rings. The van der Waals surface area contributed by atoms with Gasteiger partial charge in [0.15, 0.2) is 0 Å². The van der Waals surface area contributed by atoms with E-state index >= 15 is 0 Å². The summed E-state index contributed by atoms with van der Waals surface area (Å²) in [4.78, 5) is 0. The lowest BCUT2D eigenvalue weighted by Crippen LogP contribution is -2.08. The van der Waals surface area contributed by atoms with Gasteiger partial charge in [-0.2, -0.15) is 0 Å². The highest BCUT2D eigenvalue weighted by Crippen LogP contribution is 2.36. The fourth-order valence-corrected chi connectivity index (χ4v) is 7.09. The molecule has 0 amide bonds. The Morgan fingerprint density at radius 2 is 0.900 bits per heavy atom. The first-order chi connectivity index (χ1) is 9.95. The van der Waals surface area contributed by atoms with Crippen LogP contribution in [0.5, 0.6) is 0 Å². The minimum atomic E-state index is 1.12. The van der Waals surface area contributed by atoms with E-state index < -0.39 is 0 Å². The maximum Gasteiger partial charge on any atom is -0.0236 e. The van der Waals surface area contributed by atoms with Crippen molar-refractivity contribution in [2.24, 2.45) is 0 Å². The molecule has 0 aromatic heterocycles. The second kappa shape index (κ2) is 11.4. The zero-order valence-corrected chi connectivity index (χ0v) is 15.5. The summed E-state index contributed by atoms with van der Waals surface area (Å²) in [6.45, 7) is 0. The summed E-state index contributed by atoms with van der Waals surface area (Å²) in [6.07, 6.45) is 24.6. The third kappa shape index (κ3) is 7.75. The Morgan fingerprint density at radius 1 is 0.500 bits per heavy atom. The van der Waals surface area contributed by atoms with Crippen molar-refractivity contribution < 1.29 is 0 Å². The number of hydrogen-bond donors (Lipinski definition) is 0. The summed E-state index contributed by atoms with van der Waals surface area (Å²) in [5.74, 6) is 0. The van der Waals surface area contributed by atoms with E-state index in [4.69, 9.17) is 0 Å². The molecule has 0 nitrogen and oxygen atoms in total. The maximum atomic E-state index is 1.58. The zero-order valence-electron chi connectivity index (χ0n) is 13.5. The lowest BCUT2D eigenvalue weighted by atomic mass is 10.0. The third-order valence-electron chi connectivity index (χ3n) is 5.19. The molecule has 2 rings (SSSR count). The summed E-state index contributed by atoms with van der Waals surface area (Å²) >= 11 is 0. The van der Waals surface area contributed by atoms with Crippen LogP contribution in [0.1, 0.15) is 89.9 Å². The van der Waals surface area contributed by atoms with E-state index in [0.29, 0.717) is 0 Å². The van der Waals surface area contributed by atoms with Crippen LogP contribution in [-0.2, 0) is 0 Å². The summed E-state index contributed by atoms with van der Waals surface area (Å²) in [7, 11) is 2.59. The smallest absolute Gasteiger partial charge is 0.0236 e. The third-order valence-corrected chi connectivity index (χ3v) is 8.78. The van der Waals surface area contributed by atoms with E-state index in [1.54, 1.807) is 38.0 Å². The Kier molecular flexibility index (Phi) is 9.84. The molecule has 20 heavy (non-hydrogen) atoms. The van der Waals surface area contributed by atoms with Crippen LogP contribution < -0.4 is 0 Å². The molecule has 0 saturated carbocycles. The van der Waals surface area contributed by atoms with Gasteiger partial charge in [-0.15, -0.1) is 17.2 Å². The predicted molar refractivity (Wildman–Crippen MR) is 98.6 cm³/mol. The van der Waals surface area contributed by atoms with Crippen molar-refractivity contribution in [2.75, 3.05) is 12.3 Å². The Balaban J connectivity index is 1.67. The van der Waals surface area contributed by atoms with Crippen molar-refractivity contribution in [3.63, 3.8) is 0 Å². The van der Waals surface area contributed by atoms with Gasteiger partial charge in [-0.05, 0) is 62.2 Å². The minimum absolute atomic E-state index is 1.12. The molecule has 2 saturated heterocycles. The van der Waals surface area contributed by atoms with Crippen molar-refractivity contribution in [1.29, 1.82) is 0 Å². The van der Waals surface area contributed by atoms with Crippen LogP contribution in [-0.4, -0.2) is 23.6 Å². The lowest BCUT2D eigenvalue weighted by Gasteiger charge is -2.21. The Bertz CT molecular complexity index is 185. The highest BCUT2D eigenvalue weighted by atomic mass is 31.1. The second-order valence-electron chi connectivity index (χ2n) is 6.99. The van der Waals surface area contributed by atoms with E-state index in [0.717, 1.165) is 11.3 Å². The highest BCUT2D eigenvalue weighted by Gasteiger charge is 2.15. The Hall–Kier alpha value is 0.860. The normalized spacial score (nSPS) is 33.6. The van der Waals surface area contributed by atoms with Gasteiger partial charge in [0.2, 0.25) is 0 Å². The van der Waals surface area contributed by atoms with Crippen LogP contribution >= 0.6 is 17.2 Å². The van der Waals surface area contributed by atoms with E-state index in [9.17, 15) is 0 Å². The topological polar surface area (TPSA) is 0 Å². The van der Waals surface area contributed by atoms with Gasteiger partial charge in [0.05, 0.1) is 0 Å². The fraction of sp³-hybridized carbons (Fsp3) is 1.00. The molecule has 2 heterocycles. The average Bonchev–Trinajstić information content (AvgIpc) is 2.68. The van der Waals surface area contributed by atoms with Gasteiger partial charge in [0.25, 0.3) is 0 Å². The molecule has 2 aliphatic heterocycles. The van der Waals surface area contributed by atoms with E-state index in [1.165, 1.54) is 81.4 Å². The minimum Gasteiger partial charge on any atom is -0.119 e. The van der Waals surface area contributed by atoms with Crippen molar-refractivity contribution >= 4 is 17.2 Å². The number of hydrogen-bond acceptors (Lipinski definition) is 0. The monoisotopic (exact) mass is 314 g/mol. The molecule has 118 valence electrons. The fourth-order valence-electron chi connectivity index (χ4n) is 3.80. The predicted octanol–water partition coefficient (Wildman–Crippen LogP) is 6.57. The molecule has 0 aromatic carbocycles. The van der Waals surface area contributed by atoms with Crippen LogP contribution in [0.2, 0.25) is 0 Å². The molecule has 0 N–H and O–H groups in total. The average molecular weight is 314 g/mol. The molecule has 4 atom stereocenters. The van der Waals surface area contributed by atoms with Crippen LogP contribution in [0.25, 0.3) is 0 Å².